The minimum atomic E-state index is -0.264. The number of hydrogen-bond donors (Lipinski definition) is 1. The molecule has 2 fully saturated rings. The molecule has 0 amide bonds. The maximum atomic E-state index is 12.4. The molecular weight excluding hydrogens is 256 g/mol. The summed E-state index contributed by atoms with van der Waals surface area (Å²) in [6.07, 6.45) is 5.78. The molecule has 1 aliphatic heterocycles. The Labute approximate surface area is 119 Å². The standard InChI is InChI=1S/C15H22N2O3/c1-9-5-13(6-10(2)19-9)20-15(18)14-7-11(16)8-17(14)12-3-4-12/h7-10,12-13H,3-6,16H2,1-2H3. The first kappa shape index (κ1) is 13.5. The molecular formula is C15H22N2O3. The van der Waals surface area contributed by atoms with Gasteiger partial charge in [0.2, 0.25) is 0 Å². The van der Waals surface area contributed by atoms with Crippen molar-refractivity contribution < 1.29 is 14.3 Å². The smallest absolute Gasteiger partial charge is 0.355 e. The fraction of sp³-hybridized carbons (Fsp3) is 0.667. The van der Waals surface area contributed by atoms with E-state index in [0.717, 1.165) is 25.7 Å². The molecule has 1 saturated heterocycles. The molecule has 0 bridgehead atoms. The molecule has 1 aliphatic carbocycles. The van der Waals surface area contributed by atoms with Gasteiger partial charge >= 0.3 is 5.97 Å². The van der Waals surface area contributed by atoms with E-state index in [1.165, 1.54) is 0 Å². The Bertz CT molecular complexity index is 497. The number of nitrogens with zero attached hydrogens (tertiary/aromatic N) is 1. The van der Waals surface area contributed by atoms with Crippen molar-refractivity contribution in [3.05, 3.63) is 18.0 Å². The maximum absolute atomic E-state index is 12.4. The second-order valence-corrected chi connectivity index (χ2v) is 6.05. The van der Waals surface area contributed by atoms with Crippen LogP contribution in [0.15, 0.2) is 12.3 Å². The van der Waals surface area contributed by atoms with E-state index >= 15 is 0 Å². The summed E-state index contributed by atoms with van der Waals surface area (Å²) < 4.78 is 13.3. The predicted octanol–water partition coefficient (Wildman–Crippen LogP) is 2.52. The fourth-order valence-corrected chi connectivity index (χ4v) is 2.97. The normalized spacial score (nSPS) is 30.2. The zero-order valence-corrected chi connectivity index (χ0v) is 12.0. The van der Waals surface area contributed by atoms with Gasteiger partial charge in [-0.05, 0) is 32.8 Å². The number of rotatable bonds is 3. The van der Waals surface area contributed by atoms with Crippen molar-refractivity contribution in [1.29, 1.82) is 0 Å². The Morgan fingerprint density at radius 1 is 1.35 bits per heavy atom. The van der Waals surface area contributed by atoms with E-state index in [1.54, 1.807) is 6.07 Å². The van der Waals surface area contributed by atoms with E-state index in [1.807, 2.05) is 24.6 Å². The zero-order valence-electron chi connectivity index (χ0n) is 12.0. The summed E-state index contributed by atoms with van der Waals surface area (Å²) >= 11 is 0. The van der Waals surface area contributed by atoms with Crippen LogP contribution < -0.4 is 5.73 Å². The van der Waals surface area contributed by atoms with Gasteiger partial charge in [-0.3, -0.25) is 0 Å². The third kappa shape index (κ3) is 2.82. The third-order valence-electron chi connectivity index (χ3n) is 3.95. The molecule has 2 atom stereocenters. The van der Waals surface area contributed by atoms with Crippen LogP contribution in [-0.4, -0.2) is 28.8 Å². The molecule has 0 aromatic carbocycles. The Morgan fingerprint density at radius 3 is 2.60 bits per heavy atom. The third-order valence-corrected chi connectivity index (χ3v) is 3.95. The van der Waals surface area contributed by atoms with Gasteiger partial charge in [-0.15, -0.1) is 0 Å². The second-order valence-electron chi connectivity index (χ2n) is 6.05. The molecule has 3 rings (SSSR count). The van der Waals surface area contributed by atoms with Gasteiger partial charge in [-0.1, -0.05) is 0 Å². The summed E-state index contributed by atoms with van der Waals surface area (Å²) in [6, 6.07) is 2.13. The Balaban J connectivity index is 1.70. The number of hydrogen-bond acceptors (Lipinski definition) is 4. The van der Waals surface area contributed by atoms with Crippen molar-refractivity contribution in [3.63, 3.8) is 0 Å². The van der Waals surface area contributed by atoms with Crippen LogP contribution in [0.25, 0.3) is 0 Å². The largest absolute Gasteiger partial charge is 0.458 e. The second kappa shape index (κ2) is 5.13. The molecule has 20 heavy (non-hydrogen) atoms. The van der Waals surface area contributed by atoms with Crippen molar-refractivity contribution in [2.45, 2.75) is 63.9 Å². The maximum Gasteiger partial charge on any atom is 0.355 e. The van der Waals surface area contributed by atoms with E-state index < -0.39 is 0 Å². The lowest BCUT2D eigenvalue weighted by molar-refractivity contribution is -0.0857. The molecule has 2 unspecified atom stereocenters. The van der Waals surface area contributed by atoms with E-state index in [2.05, 4.69) is 0 Å². The Morgan fingerprint density at radius 2 is 2.00 bits per heavy atom. The van der Waals surface area contributed by atoms with Crippen LogP contribution in [-0.2, 0) is 9.47 Å². The van der Waals surface area contributed by atoms with Crippen LogP contribution in [0.3, 0.4) is 0 Å². The average Bonchev–Trinajstić information content (AvgIpc) is 3.11. The average molecular weight is 278 g/mol. The summed E-state index contributed by atoms with van der Waals surface area (Å²) in [7, 11) is 0. The van der Waals surface area contributed by atoms with Crippen LogP contribution in [0, 0.1) is 0 Å². The van der Waals surface area contributed by atoms with E-state index in [-0.39, 0.29) is 24.3 Å². The lowest BCUT2D eigenvalue weighted by atomic mass is 10.0. The van der Waals surface area contributed by atoms with Crippen LogP contribution in [0.2, 0.25) is 0 Å². The summed E-state index contributed by atoms with van der Waals surface area (Å²) in [5.74, 6) is -0.264. The minimum absolute atomic E-state index is 0.0648. The number of nitrogens with two attached hydrogens (primary N) is 1. The highest BCUT2D eigenvalue weighted by Gasteiger charge is 2.31. The fourth-order valence-electron chi connectivity index (χ4n) is 2.97. The number of esters is 1. The summed E-state index contributed by atoms with van der Waals surface area (Å²) in [5, 5.41) is 0. The zero-order chi connectivity index (χ0) is 14.3. The first-order valence-electron chi connectivity index (χ1n) is 7.36. The van der Waals surface area contributed by atoms with Crippen molar-refractivity contribution in [2.75, 3.05) is 5.73 Å². The summed E-state index contributed by atoms with van der Waals surface area (Å²) in [5.41, 5.74) is 7.01. The number of anilines is 1. The van der Waals surface area contributed by atoms with E-state index in [9.17, 15) is 4.79 Å². The van der Waals surface area contributed by atoms with Gasteiger partial charge in [0.25, 0.3) is 0 Å². The van der Waals surface area contributed by atoms with Gasteiger partial charge in [0, 0.05) is 25.1 Å². The minimum Gasteiger partial charge on any atom is -0.458 e. The number of nitrogen functional groups attached to an aromatic ring is 1. The van der Waals surface area contributed by atoms with Gasteiger partial charge in [0.15, 0.2) is 0 Å². The summed E-state index contributed by atoms with van der Waals surface area (Å²) in [4.78, 5) is 12.4. The van der Waals surface area contributed by atoms with Crippen molar-refractivity contribution >= 4 is 11.7 Å². The molecule has 0 spiro atoms. The highest BCUT2D eigenvalue weighted by Crippen LogP contribution is 2.37. The van der Waals surface area contributed by atoms with Gasteiger partial charge in [-0.25, -0.2) is 4.79 Å². The molecule has 1 aromatic rings. The lowest BCUT2D eigenvalue weighted by Gasteiger charge is -2.31. The van der Waals surface area contributed by atoms with Gasteiger partial charge in [0.05, 0.1) is 17.9 Å². The van der Waals surface area contributed by atoms with E-state index in [4.69, 9.17) is 15.2 Å². The molecule has 110 valence electrons. The van der Waals surface area contributed by atoms with Gasteiger partial charge < -0.3 is 19.8 Å². The molecule has 5 nitrogen and oxygen atoms in total. The van der Waals surface area contributed by atoms with Gasteiger partial charge in [0.1, 0.15) is 11.8 Å². The monoisotopic (exact) mass is 278 g/mol. The van der Waals surface area contributed by atoms with Crippen LogP contribution in [0.5, 0.6) is 0 Å². The quantitative estimate of drug-likeness (QED) is 0.863. The van der Waals surface area contributed by atoms with Crippen LogP contribution in [0.4, 0.5) is 5.69 Å². The molecule has 0 radical (unpaired) electrons. The van der Waals surface area contributed by atoms with Crippen LogP contribution in [0.1, 0.15) is 56.1 Å². The topological polar surface area (TPSA) is 66.5 Å². The lowest BCUT2D eigenvalue weighted by Crippen LogP contribution is -2.35. The molecule has 2 aliphatic rings. The Hall–Kier alpha value is -1.49. The number of ether oxygens (including phenoxy) is 2. The number of carbonyl (C=O) groups excluding carboxylic acids is 1. The number of carbonyl (C=O) groups is 1. The molecule has 2 heterocycles. The predicted molar refractivity (Wildman–Crippen MR) is 75.6 cm³/mol. The first-order chi connectivity index (χ1) is 9.52. The Kier molecular flexibility index (Phi) is 3.46. The van der Waals surface area contributed by atoms with Gasteiger partial charge in [-0.2, -0.15) is 0 Å². The molecule has 1 aromatic heterocycles. The first-order valence-corrected chi connectivity index (χ1v) is 7.36. The van der Waals surface area contributed by atoms with Crippen molar-refractivity contribution in [1.82, 2.24) is 4.57 Å². The van der Waals surface area contributed by atoms with Crippen molar-refractivity contribution in [3.8, 4) is 0 Å². The summed E-state index contributed by atoms with van der Waals surface area (Å²) in [6.45, 7) is 4.03. The highest BCUT2D eigenvalue weighted by molar-refractivity contribution is 5.89. The molecule has 5 heteroatoms. The highest BCUT2D eigenvalue weighted by atomic mass is 16.6. The molecule has 1 saturated carbocycles. The SMILES string of the molecule is CC1CC(OC(=O)c2cc(N)cn2C2CC2)CC(C)O1. The number of aromatic nitrogens is 1. The van der Waals surface area contributed by atoms with Crippen molar-refractivity contribution in [2.24, 2.45) is 0 Å². The van der Waals surface area contributed by atoms with E-state index in [0.29, 0.717) is 17.4 Å². The molecule has 2 N–H and O–H groups in total. The van der Waals surface area contributed by atoms with Crippen LogP contribution >= 0.6 is 0 Å².